The van der Waals surface area contributed by atoms with E-state index in [4.69, 9.17) is 0 Å². The van der Waals surface area contributed by atoms with Gasteiger partial charge in [-0.1, -0.05) is 30.0 Å². The zero-order valence-corrected chi connectivity index (χ0v) is 13.3. The zero-order chi connectivity index (χ0) is 14.1. The van der Waals surface area contributed by atoms with Crippen LogP contribution >= 0.6 is 24.2 Å². The lowest BCUT2D eigenvalue weighted by atomic mass is 9.85. The lowest BCUT2D eigenvalue weighted by Gasteiger charge is -2.31. The van der Waals surface area contributed by atoms with Crippen molar-refractivity contribution in [1.82, 2.24) is 10.6 Å². The molecule has 1 amide bonds. The van der Waals surface area contributed by atoms with Crippen molar-refractivity contribution >= 4 is 35.0 Å². The van der Waals surface area contributed by atoms with Crippen LogP contribution in [-0.2, 0) is 0 Å². The average molecular weight is 329 g/mol. The Labute approximate surface area is 134 Å². The van der Waals surface area contributed by atoms with E-state index in [-0.39, 0.29) is 40.7 Å². The van der Waals surface area contributed by atoms with E-state index in [1.54, 1.807) is 0 Å². The first-order chi connectivity index (χ1) is 9.65. The molecule has 2 aliphatic heterocycles. The second-order valence-corrected chi connectivity index (χ2v) is 6.38. The third-order valence-corrected chi connectivity index (χ3v) is 5.23. The van der Waals surface area contributed by atoms with E-state index < -0.39 is 0 Å². The summed E-state index contributed by atoms with van der Waals surface area (Å²) in [4.78, 5) is 11.6. The number of carbonyl (C=O) groups is 1. The van der Waals surface area contributed by atoms with Gasteiger partial charge in [0.2, 0.25) is 0 Å². The van der Waals surface area contributed by atoms with E-state index in [0.717, 1.165) is 18.7 Å². The lowest BCUT2D eigenvalue weighted by molar-refractivity contribution is 0.260. The van der Waals surface area contributed by atoms with Crippen LogP contribution < -0.4 is 10.6 Å². The number of amides is 1. The maximum absolute atomic E-state index is 13.1. The van der Waals surface area contributed by atoms with Crippen molar-refractivity contribution in [2.24, 2.45) is 5.92 Å². The minimum Gasteiger partial charge on any atom is -0.343 e. The SMILES string of the molecule is CC1NC(=O)SC1C1CNCC=C1c1ccc(F)cc1.Cl. The summed E-state index contributed by atoms with van der Waals surface area (Å²) in [7, 11) is 0. The summed E-state index contributed by atoms with van der Waals surface area (Å²) in [6, 6.07) is 6.77. The number of hydrogen-bond acceptors (Lipinski definition) is 3. The summed E-state index contributed by atoms with van der Waals surface area (Å²) in [6.07, 6.45) is 2.15. The monoisotopic (exact) mass is 328 g/mol. The molecule has 1 fully saturated rings. The highest BCUT2D eigenvalue weighted by molar-refractivity contribution is 8.14. The van der Waals surface area contributed by atoms with Crippen LogP contribution in [0.1, 0.15) is 12.5 Å². The number of carbonyl (C=O) groups excluding carboxylic acids is 1. The Kier molecular flexibility index (Phi) is 5.30. The van der Waals surface area contributed by atoms with Gasteiger partial charge < -0.3 is 10.6 Å². The van der Waals surface area contributed by atoms with Gasteiger partial charge in [-0.25, -0.2) is 4.39 Å². The topological polar surface area (TPSA) is 41.1 Å². The van der Waals surface area contributed by atoms with Crippen molar-refractivity contribution in [3.8, 4) is 0 Å². The van der Waals surface area contributed by atoms with Gasteiger partial charge in [-0.15, -0.1) is 12.4 Å². The molecule has 114 valence electrons. The highest BCUT2D eigenvalue weighted by Crippen LogP contribution is 2.38. The molecule has 2 N–H and O–H groups in total. The molecule has 3 nitrogen and oxygen atoms in total. The normalized spacial score (nSPS) is 28.6. The van der Waals surface area contributed by atoms with Crippen LogP contribution in [0.5, 0.6) is 0 Å². The Hall–Kier alpha value is -1.04. The van der Waals surface area contributed by atoms with Gasteiger partial charge >= 0.3 is 0 Å². The third kappa shape index (κ3) is 3.42. The van der Waals surface area contributed by atoms with Gasteiger partial charge in [0.1, 0.15) is 5.82 Å². The molecular formula is C15H18ClFN2OS. The highest BCUT2D eigenvalue weighted by Gasteiger charge is 2.38. The van der Waals surface area contributed by atoms with E-state index in [1.165, 1.54) is 29.5 Å². The van der Waals surface area contributed by atoms with Crippen LogP contribution in [-0.4, -0.2) is 29.6 Å². The maximum atomic E-state index is 13.1. The van der Waals surface area contributed by atoms with Crippen LogP contribution in [0.4, 0.5) is 9.18 Å². The molecular weight excluding hydrogens is 311 g/mol. The standard InChI is InChI=1S/C15H17FN2OS.ClH/c1-9-14(20-15(19)18-9)13-8-17-7-6-12(13)10-2-4-11(16)5-3-10;/h2-6,9,13-14,17H,7-8H2,1H3,(H,18,19);1H. The van der Waals surface area contributed by atoms with Crippen molar-refractivity contribution in [2.75, 3.05) is 13.1 Å². The Morgan fingerprint density at radius 3 is 2.62 bits per heavy atom. The molecule has 1 saturated heterocycles. The highest BCUT2D eigenvalue weighted by atomic mass is 35.5. The molecule has 1 aromatic rings. The molecule has 3 atom stereocenters. The van der Waals surface area contributed by atoms with Crippen LogP contribution in [0.2, 0.25) is 0 Å². The summed E-state index contributed by atoms with van der Waals surface area (Å²) in [5.41, 5.74) is 2.26. The fraction of sp³-hybridized carbons (Fsp3) is 0.400. The number of hydrogen-bond donors (Lipinski definition) is 2. The van der Waals surface area contributed by atoms with Gasteiger partial charge in [-0.2, -0.15) is 0 Å². The average Bonchev–Trinajstić information content (AvgIpc) is 2.78. The van der Waals surface area contributed by atoms with Gasteiger partial charge in [-0.3, -0.25) is 4.79 Å². The first-order valence-electron chi connectivity index (χ1n) is 6.79. The van der Waals surface area contributed by atoms with E-state index >= 15 is 0 Å². The van der Waals surface area contributed by atoms with E-state index in [1.807, 2.05) is 19.1 Å². The number of nitrogens with one attached hydrogen (secondary N) is 2. The minimum atomic E-state index is -0.222. The first-order valence-corrected chi connectivity index (χ1v) is 7.67. The van der Waals surface area contributed by atoms with Crippen molar-refractivity contribution in [3.05, 3.63) is 41.7 Å². The van der Waals surface area contributed by atoms with Gasteiger partial charge in [0.15, 0.2) is 0 Å². The molecule has 21 heavy (non-hydrogen) atoms. The zero-order valence-electron chi connectivity index (χ0n) is 11.6. The van der Waals surface area contributed by atoms with Crippen molar-refractivity contribution < 1.29 is 9.18 Å². The molecule has 0 bridgehead atoms. The predicted molar refractivity (Wildman–Crippen MR) is 87.4 cm³/mol. The smallest absolute Gasteiger partial charge is 0.279 e. The minimum absolute atomic E-state index is 0. The number of halogens is 2. The molecule has 0 aliphatic carbocycles. The molecule has 1 aromatic carbocycles. The fourth-order valence-electron chi connectivity index (χ4n) is 2.91. The third-order valence-electron chi connectivity index (χ3n) is 3.89. The van der Waals surface area contributed by atoms with Gasteiger partial charge in [0.05, 0.1) is 0 Å². The van der Waals surface area contributed by atoms with Crippen LogP contribution in [0.15, 0.2) is 30.3 Å². The Bertz CT molecular complexity index is 549. The summed E-state index contributed by atoms with van der Waals surface area (Å²) in [5, 5.41) is 6.57. The van der Waals surface area contributed by atoms with Crippen molar-refractivity contribution in [3.63, 3.8) is 0 Å². The lowest BCUT2D eigenvalue weighted by Crippen LogP contribution is -2.40. The molecule has 2 aliphatic rings. The van der Waals surface area contributed by atoms with E-state index in [2.05, 4.69) is 16.7 Å². The Balaban J connectivity index is 0.00000161. The molecule has 0 radical (unpaired) electrons. The summed E-state index contributed by atoms with van der Waals surface area (Å²) < 4.78 is 13.1. The second-order valence-electron chi connectivity index (χ2n) is 5.23. The van der Waals surface area contributed by atoms with Crippen LogP contribution in [0, 0.1) is 11.7 Å². The molecule has 3 unspecified atom stereocenters. The molecule has 6 heteroatoms. The Morgan fingerprint density at radius 1 is 1.29 bits per heavy atom. The number of thioether (sulfide) groups is 1. The Morgan fingerprint density at radius 2 is 2.00 bits per heavy atom. The largest absolute Gasteiger partial charge is 0.343 e. The van der Waals surface area contributed by atoms with Gasteiger partial charge in [0.25, 0.3) is 5.24 Å². The maximum Gasteiger partial charge on any atom is 0.279 e. The van der Waals surface area contributed by atoms with Crippen molar-refractivity contribution in [2.45, 2.75) is 18.2 Å². The van der Waals surface area contributed by atoms with E-state index in [0.29, 0.717) is 0 Å². The van der Waals surface area contributed by atoms with Crippen molar-refractivity contribution in [1.29, 1.82) is 0 Å². The van der Waals surface area contributed by atoms with Gasteiger partial charge in [-0.05, 0) is 30.2 Å². The fourth-order valence-corrected chi connectivity index (χ4v) is 4.09. The second kappa shape index (κ2) is 6.81. The van der Waals surface area contributed by atoms with Crippen LogP contribution in [0.25, 0.3) is 5.57 Å². The molecule has 0 saturated carbocycles. The summed E-state index contributed by atoms with van der Waals surface area (Å²) in [6.45, 7) is 3.70. The molecule has 3 rings (SSSR count). The molecule has 2 heterocycles. The van der Waals surface area contributed by atoms with E-state index in [9.17, 15) is 9.18 Å². The predicted octanol–water partition coefficient (Wildman–Crippen LogP) is 3.06. The summed E-state index contributed by atoms with van der Waals surface area (Å²) in [5.74, 6) is 0.0356. The summed E-state index contributed by atoms with van der Waals surface area (Å²) >= 11 is 1.38. The quantitative estimate of drug-likeness (QED) is 0.876. The number of benzene rings is 1. The molecule has 0 spiro atoms. The number of rotatable bonds is 2. The first kappa shape index (κ1) is 16.3. The molecule has 0 aromatic heterocycles. The van der Waals surface area contributed by atoms with Gasteiger partial charge in [0, 0.05) is 30.3 Å². The van der Waals surface area contributed by atoms with Crippen LogP contribution in [0.3, 0.4) is 0 Å².